The normalized spacial score (nSPS) is 19.4. The Hall–Kier alpha value is -1.67. The van der Waals surface area contributed by atoms with Crippen LogP contribution >= 0.6 is 11.3 Å². The number of hydrogen-bond donors (Lipinski definition) is 1. The number of anilines is 1. The molecule has 2 aliphatic rings. The molecular weight excluding hydrogens is 326 g/mol. The molecule has 0 spiro atoms. The highest BCUT2D eigenvalue weighted by Crippen LogP contribution is 2.17. The van der Waals surface area contributed by atoms with Gasteiger partial charge in [0.1, 0.15) is 0 Å². The van der Waals surface area contributed by atoms with Crippen LogP contribution < -0.4 is 5.32 Å². The number of nitrogens with zero attached hydrogens (tertiary/aromatic N) is 4. The summed E-state index contributed by atoms with van der Waals surface area (Å²) in [6.07, 6.45) is 5.23. The van der Waals surface area contributed by atoms with Crippen LogP contribution in [0.5, 0.6) is 0 Å². The predicted molar refractivity (Wildman–Crippen MR) is 94.3 cm³/mol. The van der Waals surface area contributed by atoms with Crippen molar-refractivity contribution in [1.82, 2.24) is 19.7 Å². The van der Waals surface area contributed by atoms with Crippen LogP contribution in [0.2, 0.25) is 0 Å². The van der Waals surface area contributed by atoms with Crippen LogP contribution in [0.15, 0.2) is 6.20 Å². The smallest absolute Gasteiger partial charge is 0.323 e. The zero-order chi connectivity index (χ0) is 16.9. The predicted octanol–water partition coefficient (Wildman–Crippen LogP) is 1.61. The second-order valence-corrected chi connectivity index (χ2v) is 7.65. The Kier molecular flexibility index (Phi) is 5.68. The Balaban J connectivity index is 1.41. The van der Waals surface area contributed by atoms with Crippen LogP contribution in [-0.4, -0.2) is 77.4 Å². The first-order valence-corrected chi connectivity index (χ1v) is 9.42. The fourth-order valence-corrected chi connectivity index (χ4v) is 3.78. The van der Waals surface area contributed by atoms with Crippen LogP contribution in [0.3, 0.4) is 0 Å². The number of aromatic nitrogens is 1. The summed E-state index contributed by atoms with van der Waals surface area (Å²) < 4.78 is 0. The molecule has 3 heterocycles. The van der Waals surface area contributed by atoms with Crippen LogP contribution in [-0.2, 0) is 4.79 Å². The molecule has 1 aromatic rings. The van der Waals surface area contributed by atoms with Gasteiger partial charge >= 0.3 is 6.03 Å². The summed E-state index contributed by atoms with van der Waals surface area (Å²) in [5.74, 6) is 0.228. The Morgan fingerprint density at radius 1 is 1.08 bits per heavy atom. The maximum absolute atomic E-state index is 12.3. The maximum Gasteiger partial charge on any atom is 0.323 e. The van der Waals surface area contributed by atoms with Crippen LogP contribution in [0.25, 0.3) is 0 Å². The third-order valence-corrected chi connectivity index (χ3v) is 5.39. The second kappa shape index (κ2) is 7.94. The monoisotopic (exact) mass is 351 g/mol. The molecule has 2 saturated heterocycles. The van der Waals surface area contributed by atoms with Crippen molar-refractivity contribution in [1.29, 1.82) is 0 Å². The molecule has 2 fully saturated rings. The molecule has 0 unspecified atom stereocenters. The molecule has 24 heavy (non-hydrogen) atoms. The number of likely N-dealkylation sites (tertiary alicyclic amines) is 1. The summed E-state index contributed by atoms with van der Waals surface area (Å²) in [5, 5.41) is 3.48. The first kappa shape index (κ1) is 17.2. The molecule has 3 rings (SSSR count). The number of hydrogen-bond acceptors (Lipinski definition) is 5. The number of amides is 3. The van der Waals surface area contributed by atoms with Gasteiger partial charge in [0, 0.05) is 50.3 Å². The van der Waals surface area contributed by atoms with E-state index < -0.39 is 0 Å². The van der Waals surface area contributed by atoms with Gasteiger partial charge in [0.25, 0.3) is 0 Å². The number of thiazole rings is 1. The first-order chi connectivity index (χ1) is 11.6. The SMILES string of the molecule is Cc1cnc(NC(=O)N2CCN(CC(=O)N3CCCCC3)CC2)s1. The van der Waals surface area contributed by atoms with E-state index in [-0.39, 0.29) is 11.9 Å². The molecule has 0 radical (unpaired) electrons. The topological polar surface area (TPSA) is 68.8 Å². The zero-order valence-electron chi connectivity index (χ0n) is 14.2. The van der Waals surface area contributed by atoms with Crippen molar-refractivity contribution >= 4 is 28.4 Å². The van der Waals surface area contributed by atoms with Gasteiger partial charge in [-0.1, -0.05) is 0 Å². The van der Waals surface area contributed by atoms with E-state index in [4.69, 9.17) is 0 Å². The molecule has 8 heteroatoms. The molecule has 0 bridgehead atoms. The van der Waals surface area contributed by atoms with E-state index in [1.54, 1.807) is 11.1 Å². The molecule has 1 aromatic heterocycles. The second-order valence-electron chi connectivity index (χ2n) is 6.41. The number of carbonyl (C=O) groups is 2. The van der Waals surface area contributed by atoms with Crippen LogP contribution in [0.4, 0.5) is 9.93 Å². The summed E-state index contributed by atoms with van der Waals surface area (Å²) in [6, 6.07) is -0.105. The molecule has 0 aromatic carbocycles. The maximum atomic E-state index is 12.3. The summed E-state index contributed by atoms with van der Waals surface area (Å²) >= 11 is 1.47. The average molecular weight is 351 g/mol. The average Bonchev–Trinajstić information content (AvgIpc) is 3.01. The van der Waals surface area contributed by atoms with Crippen molar-refractivity contribution in [3.8, 4) is 0 Å². The minimum atomic E-state index is -0.105. The van der Waals surface area contributed by atoms with E-state index in [2.05, 4.69) is 15.2 Å². The fraction of sp³-hybridized carbons (Fsp3) is 0.688. The molecule has 7 nitrogen and oxygen atoms in total. The number of piperazine rings is 1. The van der Waals surface area contributed by atoms with Gasteiger partial charge in [0.2, 0.25) is 5.91 Å². The van der Waals surface area contributed by atoms with Gasteiger partial charge in [-0.3, -0.25) is 15.0 Å². The number of piperidine rings is 1. The van der Waals surface area contributed by atoms with Gasteiger partial charge in [-0.2, -0.15) is 0 Å². The molecule has 132 valence electrons. The van der Waals surface area contributed by atoms with Crippen molar-refractivity contribution in [3.63, 3.8) is 0 Å². The third-order valence-electron chi connectivity index (χ3n) is 4.56. The highest BCUT2D eigenvalue weighted by molar-refractivity contribution is 7.15. The van der Waals surface area contributed by atoms with E-state index in [0.29, 0.717) is 24.8 Å². The Labute approximate surface area is 146 Å². The zero-order valence-corrected chi connectivity index (χ0v) is 15.0. The summed E-state index contributed by atoms with van der Waals surface area (Å²) in [4.78, 5) is 35.7. The highest BCUT2D eigenvalue weighted by Gasteiger charge is 2.25. The fourth-order valence-electron chi connectivity index (χ4n) is 3.13. The Morgan fingerprint density at radius 3 is 2.42 bits per heavy atom. The van der Waals surface area contributed by atoms with E-state index >= 15 is 0 Å². The minimum Gasteiger partial charge on any atom is -0.342 e. The lowest BCUT2D eigenvalue weighted by molar-refractivity contribution is -0.133. The summed E-state index contributed by atoms with van der Waals surface area (Å²) in [5.41, 5.74) is 0. The lowest BCUT2D eigenvalue weighted by atomic mass is 10.1. The first-order valence-electron chi connectivity index (χ1n) is 8.60. The number of aryl methyl sites for hydroxylation is 1. The molecule has 2 aliphatic heterocycles. The van der Waals surface area contributed by atoms with Crippen molar-refractivity contribution < 1.29 is 9.59 Å². The van der Waals surface area contributed by atoms with Gasteiger partial charge in [-0.25, -0.2) is 9.78 Å². The number of nitrogens with one attached hydrogen (secondary N) is 1. The van der Waals surface area contributed by atoms with Gasteiger partial charge < -0.3 is 9.80 Å². The molecule has 1 N–H and O–H groups in total. The largest absolute Gasteiger partial charge is 0.342 e. The molecule has 3 amide bonds. The van der Waals surface area contributed by atoms with Crippen molar-refractivity contribution in [2.45, 2.75) is 26.2 Å². The lowest BCUT2D eigenvalue weighted by Gasteiger charge is -2.35. The molecule has 0 saturated carbocycles. The summed E-state index contributed by atoms with van der Waals surface area (Å²) in [7, 11) is 0. The third kappa shape index (κ3) is 4.45. The van der Waals surface area contributed by atoms with Crippen molar-refractivity contribution in [2.75, 3.05) is 51.1 Å². The van der Waals surface area contributed by atoms with E-state index in [0.717, 1.165) is 43.9 Å². The van der Waals surface area contributed by atoms with Crippen LogP contribution in [0.1, 0.15) is 24.1 Å². The minimum absolute atomic E-state index is 0.105. The Morgan fingerprint density at radius 2 is 1.79 bits per heavy atom. The van der Waals surface area contributed by atoms with Crippen molar-refractivity contribution in [2.24, 2.45) is 0 Å². The quantitative estimate of drug-likeness (QED) is 0.898. The van der Waals surface area contributed by atoms with E-state index in [9.17, 15) is 9.59 Å². The van der Waals surface area contributed by atoms with Gasteiger partial charge in [-0.15, -0.1) is 11.3 Å². The van der Waals surface area contributed by atoms with Gasteiger partial charge in [0.15, 0.2) is 5.13 Å². The Bertz CT molecular complexity index is 577. The van der Waals surface area contributed by atoms with E-state index in [1.807, 2.05) is 11.8 Å². The van der Waals surface area contributed by atoms with Gasteiger partial charge in [0.05, 0.1) is 6.54 Å². The van der Waals surface area contributed by atoms with E-state index in [1.165, 1.54) is 17.8 Å². The molecule has 0 aliphatic carbocycles. The number of carbonyl (C=O) groups excluding carboxylic acids is 2. The molecule has 0 atom stereocenters. The standard InChI is InChI=1S/C16H25N5O2S/c1-13-11-17-15(24-13)18-16(23)21-9-7-19(8-10-21)12-14(22)20-5-3-2-4-6-20/h11H,2-10,12H2,1H3,(H,17,18,23). The number of rotatable bonds is 3. The lowest BCUT2D eigenvalue weighted by Crippen LogP contribution is -2.52. The summed E-state index contributed by atoms with van der Waals surface area (Å²) in [6.45, 7) is 7.00. The van der Waals surface area contributed by atoms with Crippen LogP contribution in [0, 0.1) is 6.92 Å². The molecular formula is C16H25N5O2S. The van der Waals surface area contributed by atoms with Crippen molar-refractivity contribution in [3.05, 3.63) is 11.1 Å². The highest BCUT2D eigenvalue weighted by atomic mass is 32.1. The van der Waals surface area contributed by atoms with Gasteiger partial charge in [-0.05, 0) is 26.2 Å². The number of urea groups is 1.